The quantitative estimate of drug-likeness (QED) is 0.768. The van der Waals surface area contributed by atoms with Crippen molar-refractivity contribution in [2.45, 2.75) is 0 Å². The Morgan fingerprint density at radius 2 is 2.00 bits per heavy atom. The van der Waals surface area contributed by atoms with Gasteiger partial charge in [-0.1, -0.05) is 11.6 Å². The number of ketones is 1. The zero-order chi connectivity index (χ0) is 14.0. The van der Waals surface area contributed by atoms with E-state index in [1.165, 1.54) is 31.4 Å². The largest absolute Gasteiger partial charge is 0.497 e. The highest BCUT2D eigenvalue weighted by atomic mass is 79.9. The van der Waals surface area contributed by atoms with Gasteiger partial charge < -0.3 is 4.74 Å². The molecule has 0 atom stereocenters. The summed E-state index contributed by atoms with van der Waals surface area (Å²) < 4.78 is 19.4. The molecule has 0 aliphatic carbocycles. The predicted octanol–water partition coefficient (Wildman–Crippen LogP) is 4.48. The molecule has 0 aliphatic heterocycles. The maximum absolute atomic E-state index is 13.8. The van der Waals surface area contributed by atoms with Crippen LogP contribution >= 0.6 is 27.5 Å². The van der Waals surface area contributed by atoms with Crippen molar-refractivity contribution in [1.82, 2.24) is 0 Å². The standard InChI is InChI=1S/C14H9BrClFO2/c1-19-9-3-4-10(13(17)7-9)14(18)8-2-5-11(15)12(16)6-8/h2-7H,1H3. The molecule has 2 aromatic rings. The van der Waals surface area contributed by atoms with Crippen molar-refractivity contribution in [1.29, 1.82) is 0 Å². The molecule has 2 nitrogen and oxygen atoms in total. The molecular weight excluding hydrogens is 335 g/mol. The molecular formula is C14H9BrClFO2. The van der Waals surface area contributed by atoms with Gasteiger partial charge in [0.05, 0.1) is 17.7 Å². The summed E-state index contributed by atoms with van der Waals surface area (Å²) in [5, 5.41) is 0.403. The monoisotopic (exact) mass is 342 g/mol. The van der Waals surface area contributed by atoms with E-state index in [0.717, 1.165) is 0 Å². The van der Waals surface area contributed by atoms with Gasteiger partial charge in [-0.3, -0.25) is 4.79 Å². The fraction of sp³-hybridized carbons (Fsp3) is 0.0714. The van der Waals surface area contributed by atoms with Crippen LogP contribution in [0.3, 0.4) is 0 Å². The minimum absolute atomic E-state index is 0.0146. The van der Waals surface area contributed by atoms with Crippen LogP contribution in [0, 0.1) is 5.82 Å². The fourth-order valence-electron chi connectivity index (χ4n) is 1.60. The number of hydrogen-bond donors (Lipinski definition) is 0. The molecule has 0 bridgehead atoms. The van der Waals surface area contributed by atoms with Gasteiger partial charge in [0.1, 0.15) is 11.6 Å². The van der Waals surface area contributed by atoms with Gasteiger partial charge in [0.25, 0.3) is 0 Å². The Bertz CT molecular complexity index is 643. The second kappa shape index (κ2) is 5.72. The lowest BCUT2D eigenvalue weighted by atomic mass is 10.0. The van der Waals surface area contributed by atoms with Crippen molar-refractivity contribution < 1.29 is 13.9 Å². The summed E-state index contributed by atoms with van der Waals surface area (Å²) >= 11 is 9.15. The average molecular weight is 344 g/mol. The number of halogens is 3. The maximum Gasteiger partial charge on any atom is 0.196 e. The van der Waals surface area contributed by atoms with Crippen LogP contribution in [0.25, 0.3) is 0 Å². The van der Waals surface area contributed by atoms with Crippen LogP contribution in [0.4, 0.5) is 4.39 Å². The van der Waals surface area contributed by atoms with E-state index in [2.05, 4.69) is 15.9 Å². The van der Waals surface area contributed by atoms with E-state index < -0.39 is 11.6 Å². The molecule has 0 N–H and O–H groups in total. The van der Waals surface area contributed by atoms with Gasteiger partial charge >= 0.3 is 0 Å². The molecule has 0 amide bonds. The molecule has 0 spiro atoms. The number of ether oxygens (including phenoxy) is 1. The summed E-state index contributed by atoms with van der Waals surface area (Å²) in [6.07, 6.45) is 0. The van der Waals surface area contributed by atoms with E-state index in [-0.39, 0.29) is 5.56 Å². The second-order valence-corrected chi connectivity index (χ2v) is 5.07. The molecule has 5 heteroatoms. The van der Waals surface area contributed by atoms with Crippen LogP contribution in [-0.2, 0) is 0 Å². The Morgan fingerprint density at radius 3 is 2.58 bits per heavy atom. The number of benzene rings is 2. The molecule has 0 aromatic heterocycles. The van der Waals surface area contributed by atoms with Crippen molar-refractivity contribution in [2.75, 3.05) is 7.11 Å². The van der Waals surface area contributed by atoms with Crippen molar-refractivity contribution in [3.63, 3.8) is 0 Å². The molecule has 0 unspecified atom stereocenters. The lowest BCUT2D eigenvalue weighted by molar-refractivity contribution is 0.103. The van der Waals surface area contributed by atoms with Crippen LogP contribution in [0.5, 0.6) is 5.75 Å². The summed E-state index contributed by atoms with van der Waals surface area (Å²) in [6.45, 7) is 0. The van der Waals surface area contributed by atoms with Crippen LogP contribution in [0.1, 0.15) is 15.9 Å². The average Bonchev–Trinajstić information content (AvgIpc) is 2.41. The molecule has 0 saturated carbocycles. The van der Waals surface area contributed by atoms with E-state index in [9.17, 15) is 9.18 Å². The summed E-state index contributed by atoms with van der Waals surface area (Å²) in [7, 11) is 1.44. The van der Waals surface area contributed by atoms with Gasteiger partial charge in [-0.2, -0.15) is 0 Å². The third kappa shape index (κ3) is 2.96. The number of carbonyl (C=O) groups is 1. The number of methoxy groups -OCH3 is 1. The highest BCUT2D eigenvalue weighted by Gasteiger charge is 2.15. The second-order valence-electron chi connectivity index (χ2n) is 3.80. The van der Waals surface area contributed by atoms with Crippen molar-refractivity contribution >= 4 is 33.3 Å². The lowest BCUT2D eigenvalue weighted by Crippen LogP contribution is -2.04. The van der Waals surface area contributed by atoms with Crippen molar-refractivity contribution in [3.8, 4) is 5.75 Å². The molecule has 0 fully saturated rings. The van der Waals surface area contributed by atoms with Crippen LogP contribution in [-0.4, -0.2) is 12.9 Å². The summed E-state index contributed by atoms with van der Waals surface area (Å²) in [5.41, 5.74) is 0.316. The summed E-state index contributed by atoms with van der Waals surface area (Å²) in [6, 6.07) is 8.84. The zero-order valence-electron chi connectivity index (χ0n) is 9.91. The highest BCUT2D eigenvalue weighted by Crippen LogP contribution is 2.25. The predicted molar refractivity (Wildman–Crippen MR) is 75.5 cm³/mol. The number of hydrogen-bond acceptors (Lipinski definition) is 2. The molecule has 2 rings (SSSR count). The minimum atomic E-state index is -0.622. The molecule has 0 aliphatic rings. The summed E-state index contributed by atoms with van der Waals surface area (Å²) in [5.74, 6) is -0.680. The molecule has 0 radical (unpaired) electrons. The Kier molecular flexibility index (Phi) is 4.22. The molecule has 0 saturated heterocycles. The molecule has 2 aromatic carbocycles. The Hall–Kier alpha value is -1.39. The van der Waals surface area contributed by atoms with E-state index in [1.807, 2.05) is 0 Å². The Morgan fingerprint density at radius 1 is 1.26 bits per heavy atom. The smallest absolute Gasteiger partial charge is 0.196 e. The molecule has 19 heavy (non-hydrogen) atoms. The Labute approximate surface area is 123 Å². The maximum atomic E-state index is 13.8. The van der Waals surface area contributed by atoms with Crippen molar-refractivity contribution in [3.05, 3.63) is 62.8 Å². The van der Waals surface area contributed by atoms with E-state index in [4.69, 9.17) is 16.3 Å². The normalized spacial score (nSPS) is 10.3. The molecule has 98 valence electrons. The minimum Gasteiger partial charge on any atom is -0.497 e. The van der Waals surface area contributed by atoms with Crippen LogP contribution < -0.4 is 4.74 Å². The summed E-state index contributed by atoms with van der Waals surface area (Å²) in [4.78, 5) is 12.2. The first-order chi connectivity index (χ1) is 9.02. The molecule has 0 heterocycles. The van der Waals surface area contributed by atoms with Gasteiger partial charge in [-0.15, -0.1) is 0 Å². The third-order valence-electron chi connectivity index (χ3n) is 2.60. The highest BCUT2D eigenvalue weighted by molar-refractivity contribution is 9.10. The number of carbonyl (C=O) groups excluding carboxylic acids is 1. The van der Waals surface area contributed by atoms with Crippen LogP contribution in [0.15, 0.2) is 40.9 Å². The van der Waals surface area contributed by atoms with Crippen LogP contribution in [0.2, 0.25) is 5.02 Å². The first kappa shape index (κ1) is 14.0. The van der Waals surface area contributed by atoms with Crippen molar-refractivity contribution in [2.24, 2.45) is 0 Å². The lowest BCUT2D eigenvalue weighted by Gasteiger charge is -2.06. The van der Waals surface area contributed by atoms with Gasteiger partial charge in [-0.25, -0.2) is 4.39 Å². The van der Waals surface area contributed by atoms with E-state index in [1.54, 1.807) is 12.1 Å². The van der Waals surface area contributed by atoms with Gasteiger partial charge in [-0.05, 0) is 46.3 Å². The first-order valence-electron chi connectivity index (χ1n) is 5.36. The SMILES string of the molecule is COc1ccc(C(=O)c2ccc(Br)c(Cl)c2)c(F)c1. The third-order valence-corrected chi connectivity index (χ3v) is 3.84. The fourth-order valence-corrected chi connectivity index (χ4v) is 2.03. The Balaban J connectivity index is 2.41. The van der Waals surface area contributed by atoms with Gasteiger partial charge in [0.2, 0.25) is 0 Å². The van der Waals surface area contributed by atoms with Gasteiger partial charge in [0, 0.05) is 16.1 Å². The van der Waals surface area contributed by atoms with E-state index in [0.29, 0.717) is 20.8 Å². The topological polar surface area (TPSA) is 26.3 Å². The first-order valence-corrected chi connectivity index (χ1v) is 6.53. The van der Waals surface area contributed by atoms with Gasteiger partial charge in [0.15, 0.2) is 5.78 Å². The zero-order valence-corrected chi connectivity index (χ0v) is 12.3. The number of rotatable bonds is 3. The van der Waals surface area contributed by atoms with E-state index >= 15 is 0 Å².